The highest BCUT2D eigenvalue weighted by atomic mass is 32.2. The fourth-order valence-electron chi connectivity index (χ4n) is 3.24. The van der Waals surface area contributed by atoms with Crippen molar-refractivity contribution in [3.8, 4) is 11.1 Å². The molecule has 8 heteroatoms. The zero-order valence-corrected chi connectivity index (χ0v) is 18.7. The van der Waals surface area contributed by atoms with E-state index in [-0.39, 0.29) is 15.5 Å². The minimum Gasteiger partial charge on any atom is -0.321 e. The average molecular weight is 467 g/mol. The number of halogens is 1. The van der Waals surface area contributed by atoms with Crippen LogP contribution in [-0.4, -0.2) is 21.4 Å². The van der Waals surface area contributed by atoms with Gasteiger partial charge in [-0.15, -0.1) is 11.3 Å². The van der Waals surface area contributed by atoms with E-state index in [1.807, 2.05) is 6.07 Å². The van der Waals surface area contributed by atoms with Crippen LogP contribution >= 0.6 is 11.3 Å². The number of thiophene rings is 1. The third kappa shape index (κ3) is 4.28. The topological polar surface area (TPSA) is 66.5 Å². The normalized spacial score (nSPS) is 11.2. The summed E-state index contributed by atoms with van der Waals surface area (Å²) in [5.41, 5.74) is 1.81. The van der Waals surface area contributed by atoms with Crippen LogP contribution in [0.1, 0.15) is 9.67 Å². The minimum atomic E-state index is -4.09. The molecular weight excluding hydrogens is 447 g/mol. The predicted octanol–water partition coefficient (Wildman–Crippen LogP) is 5.63. The largest absolute Gasteiger partial charge is 0.321 e. The molecule has 0 aliphatic carbocycles. The number of anilines is 2. The lowest BCUT2D eigenvalue weighted by atomic mass is 10.1. The van der Waals surface area contributed by atoms with Crippen LogP contribution in [0, 0.1) is 5.82 Å². The lowest BCUT2D eigenvalue weighted by molar-refractivity contribution is 0.102. The zero-order chi connectivity index (χ0) is 22.7. The highest BCUT2D eigenvalue weighted by molar-refractivity contribution is 7.93. The molecular formula is C24H19FN2O3S2. The Morgan fingerprint density at radius 2 is 1.59 bits per heavy atom. The molecule has 0 unspecified atom stereocenters. The van der Waals surface area contributed by atoms with Gasteiger partial charge in [0.2, 0.25) is 0 Å². The van der Waals surface area contributed by atoms with Gasteiger partial charge in [-0.3, -0.25) is 9.10 Å². The first-order chi connectivity index (χ1) is 15.4. The second kappa shape index (κ2) is 8.94. The van der Waals surface area contributed by atoms with E-state index in [1.54, 1.807) is 60.0 Å². The number of nitrogens with zero attached hydrogens (tertiary/aromatic N) is 1. The second-order valence-electron chi connectivity index (χ2n) is 6.95. The smallest absolute Gasteiger partial charge is 0.267 e. The van der Waals surface area contributed by atoms with Gasteiger partial charge in [0.25, 0.3) is 15.9 Å². The lowest BCUT2D eigenvalue weighted by Crippen LogP contribution is -2.28. The monoisotopic (exact) mass is 466 g/mol. The van der Waals surface area contributed by atoms with Gasteiger partial charge in [0.1, 0.15) is 15.6 Å². The number of amides is 1. The summed E-state index contributed by atoms with van der Waals surface area (Å²) >= 11 is 1.03. The van der Waals surface area contributed by atoms with Gasteiger partial charge < -0.3 is 5.32 Å². The Morgan fingerprint density at radius 3 is 2.25 bits per heavy atom. The maximum atomic E-state index is 13.7. The molecule has 5 nitrogen and oxygen atoms in total. The summed E-state index contributed by atoms with van der Waals surface area (Å²) in [5.74, 6) is -1.13. The Kier molecular flexibility index (Phi) is 6.07. The van der Waals surface area contributed by atoms with Crippen molar-refractivity contribution in [2.75, 3.05) is 16.7 Å². The van der Waals surface area contributed by atoms with Crippen molar-refractivity contribution in [3.63, 3.8) is 0 Å². The quantitative estimate of drug-likeness (QED) is 0.400. The minimum absolute atomic E-state index is 0.0240. The number of hydrogen-bond donors (Lipinski definition) is 1. The fraction of sp³-hybridized carbons (Fsp3) is 0.0417. The highest BCUT2D eigenvalue weighted by Gasteiger charge is 2.32. The average Bonchev–Trinajstić information content (AvgIpc) is 3.26. The first-order valence-electron chi connectivity index (χ1n) is 9.66. The Hall–Kier alpha value is -3.49. The van der Waals surface area contributed by atoms with Crippen LogP contribution in [-0.2, 0) is 10.0 Å². The number of carbonyl (C=O) groups excluding carboxylic acids is 1. The molecule has 1 aromatic heterocycles. The summed E-state index contributed by atoms with van der Waals surface area (Å²) in [5, 5.41) is 4.26. The molecule has 0 radical (unpaired) electrons. The SMILES string of the molecule is CN(c1ccccc1)S(=O)(=O)c1c(-c2ccccc2)csc1C(=O)Nc1cccc(F)c1. The van der Waals surface area contributed by atoms with Crippen LogP contribution in [0.4, 0.5) is 15.8 Å². The van der Waals surface area contributed by atoms with E-state index in [0.717, 1.165) is 15.6 Å². The van der Waals surface area contributed by atoms with Crippen molar-refractivity contribution in [1.82, 2.24) is 0 Å². The summed E-state index contributed by atoms with van der Waals surface area (Å²) in [7, 11) is -2.65. The van der Waals surface area contributed by atoms with E-state index in [1.165, 1.54) is 31.3 Å². The molecule has 0 aliphatic rings. The number of benzene rings is 3. The number of nitrogens with one attached hydrogen (secondary N) is 1. The fourth-order valence-corrected chi connectivity index (χ4v) is 6.10. The number of carbonyl (C=O) groups is 1. The first-order valence-corrected chi connectivity index (χ1v) is 12.0. The molecule has 0 spiro atoms. The third-order valence-corrected chi connectivity index (χ3v) is 7.84. The third-order valence-electron chi connectivity index (χ3n) is 4.86. The van der Waals surface area contributed by atoms with Crippen LogP contribution in [0.5, 0.6) is 0 Å². The Labute approximate surface area is 189 Å². The molecule has 4 aromatic rings. The highest BCUT2D eigenvalue weighted by Crippen LogP contribution is 2.38. The molecule has 0 saturated heterocycles. The predicted molar refractivity (Wildman–Crippen MR) is 126 cm³/mol. The van der Waals surface area contributed by atoms with Gasteiger partial charge in [0.15, 0.2) is 0 Å². The molecule has 1 heterocycles. The Morgan fingerprint density at radius 1 is 0.938 bits per heavy atom. The summed E-state index contributed by atoms with van der Waals surface area (Å²) in [6.45, 7) is 0. The van der Waals surface area contributed by atoms with Crippen molar-refractivity contribution < 1.29 is 17.6 Å². The molecule has 3 aromatic carbocycles. The van der Waals surface area contributed by atoms with Crippen LogP contribution in [0.3, 0.4) is 0 Å². The molecule has 0 fully saturated rings. The van der Waals surface area contributed by atoms with Gasteiger partial charge in [-0.05, 0) is 35.9 Å². The van der Waals surface area contributed by atoms with Crippen molar-refractivity contribution in [3.05, 3.63) is 101 Å². The number of sulfonamides is 1. The second-order valence-corrected chi connectivity index (χ2v) is 9.73. The summed E-state index contributed by atoms with van der Waals surface area (Å²) in [6.07, 6.45) is 0. The van der Waals surface area contributed by atoms with E-state index >= 15 is 0 Å². The van der Waals surface area contributed by atoms with Crippen molar-refractivity contribution in [1.29, 1.82) is 0 Å². The Balaban J connectivity index is 1.83. The molecule has 0 atom stereocenters. The molecule has 4 rings (SSSR count). The maximum Gasteiger partial charge on any atom is 0.267 e. The van der Waals surface area contributed by atoms with E-state index in [0.29, 0.717) is 16.8 Å². The molecule has 1 N–H and O–H groups in total. The van der Waals surface area contributed by atoms with E-state index in [4.69, 9.17) is 0 Å². The summed E-state index contributed by atoms with van der Waals surface area (Å²) < 4.78 is 42.1. The molecule has 0 saturated carbocycles. The van der Waals surface area contributed by atoms with Gasteiger partial charge in [-0.25, -0.2) is 12.8 Å². The number of rotatable bonds is 6. The standard InChI is InChI=1S/C24H19FN2O3S2/c1-27(20-13-6-3-7-14-20)32(29,30)23-21(17-9-4-2-5-10-17)16-31-22(23)24(28)26-19-12-8-11-18(25)15-19/h2-16H,1H3,(H,26,28). The van der Waals surface area contributed by atoms with E-state index < -0.39 is 21.7 Å². The van der Waals surface area contributed by atoms with Crippen molar-refractivity contribution in [2.24, 2.45) is 0 Å². The van der Waals surface area contributed by atoms with Gasteiger partial charge in [-0.1, -0.05) is 54.6 Å². The molecule has 0 bridgehead atoms. The van der Waals surface area contributed by atoms with Crippen LogP contribution in [0.15, 0.2) is 95.2 Å². The summed E-state index contributed by atoms with van der Waals surface area (Å²) in [4.78, 5) is 13.0. The maximum absolute atomic E-state index is 13.7. The molecule has 0 aliphatic heterocycles. The van der Waals surface area contributed by atoms with Gasteiger partial charge in [0.05, 0.1) is 5.69 Å². The number of para-hydroxylation sites is 1. The van der Waals surface area contributed by atoms with Gasteiger partial charge in [-0.2, -0.15) is 0 Å². The number of hydrogen-bond acceptors (Lipinski definition) is 4. The molecule has 1 amide bonds. The van der Waals surface area contributed by atoms with Crippen LogP contribution in [0.25, 0.3) is 11.1 Å². The first kappa shape index (κ1) is 21.7. The summed E-state index contributed by atoms with van der Waals surface area (Å²) in [6, 6.07) is 23.1. The van der Waals surface area contributed by atoms with Crippen molar-refractivity contribution in [2.45, 2.75) is 4.90 Å². The lowest BCUT2D eigenvalue weighted by Gasteiger charge is -2.21. The van der Waals surface area contributed by atoms with E-state index in [2.05, 4.69) is 5.32 Å². The Bertz CT molecular complexity index is 1350. The van der Waals surface area contributed by atoms with Gasteiger partial charge in [0, 0.05) is 23.7 Å². The molecule has 32 heavy (non-hydrogen) atoms. The van der Waals surface area contributed by atoms with Gasteiger partial charge >= 0.3 is 0 Å². The van der Waals surface area contributed by atoms with Crippen LogP contribution < -0.4 is 9.62 Å². The van der Waals surface area contributed by atoms with Crippen molar-refractivity contribution >= 4 is 38.6 Å². The molecule has 162 valence electrons. The van der Waals surface area contributed by atoms with E-state index in [9.17, 15) is 17.6 Å². The zero-order valence-electron chi connectivity index (χ0n) is 17.0. The van der Waals surface area contributed by atoms with Crippen LogP contribution in [0.2, 0.25) is 0 Å².